The molecule has 1 aliphatic rings. The molecule has 0 radical (unpaired) electrons. The first-order valence-electron chi connectivity index (χ1n) is 6.40. The van der Waals surface area contributed by atoms with E-state index in [2.05, 4.69) is 23.1 Å². The zero-order chi connectivity index (χ0) is 13.8. The number of benzene rings is 1. The molecule has 7 heteroatoms. The molecular weight excluding hydrogens is 288 g/mol. The fourth-order valence-corrected chi connectivity index (χ4v) is 2.14. The minimum absolute atomic E-state index is 0. The lowest BCUT2D eigenvalue weighted by Crippen LogP contribution is -2.34. The van der Waals surface area contributed by atoms with Crippen LogP contribution < -0.4 is 16.2 Å². The highest BCUT2D eigenvalue weighted by Gasteiger charge is 2.22. The van der Waals surface area contributed by atoms with Gasteiger partial charge in [-0.1, -0.05) is 6.07 Å². The van der Waals surface area contributed by atoms with Crippen LogP contribution in [0.3, 0.4) is 0 Å². The summed E-state index contributed by atoms with van der Waals surface area (Å²) in [7, 11) is 0. The molecule has 114 valence electrons. The molecule has 1 fully saturated rings. The van der Waals surface area contributed by atoms with Crippen molar-refractivity contribution in [1.82, 2.24) is 16.2 Å². The van der Waals surface area contributed by atoms with Crippen molar-refractivity contribution in [2.45, 2.75) is 19.1 Å². The fourth-order valence-electron chi connectivity index (χ4n) is 2.14. The number of nitrogens with one attached hydrogen (secondary N) is 3. The Morgan fingerprint density at radius 3 is 2.75 bits per heavy atom. The van der Waals surface area contributed by atoms with Gasteiger partial charge in [0, 0.05) is 31.6 Å². The van der Waals surface area contributed by atoms with E-state index in [1.807, 2.05) is 0 Å². The van der Waals surface area contributed by atoms with Crippen LogP contribution in [0.5, 0.6) is 0 Å². The second-order valence-corrected chi connectivity index (χ2v) is 4.92. The number of hydrogen-bond donors (Lipinski definition) is 4. The molecule has 0 aliphatic carbocycles. The van der Waals surface area contributed by atoms with Crippen molar-refractivity contribution in [3.63, 3.8) is 0 Å². The lowest BCUT2D eigenvalue weighted by molar-refractivity contribution is 0.172. The smallest absolute Gasteiger partial charge is 0.159 e. The van der Waals surface area contributed by atoms with Crippen molar-refractivity contribution in [1.29, 1.82) is 0 Å². The predicted octanol–water partition coefficient (Wildman–Crippen LogP) is 1.12. The van der Waals surface area contributed by atoms with Gasteiger partial charge in [0.2, 0.25) is 0 Å². The van der Waals surface area contributed by atoms with Crippen LogP contribution in [0.2, 0.25) is 0 Å². The molecule has 0 spiro atoms. The number of aliphatic hydroxyl groups excluding tert-OH is 1. The van der Waals surface area contributed by atoms with E-state index in [0.29, 0.717) is 24.1 Å². The van der Waals surface area contributed by atoms with Gasteiger partial charge in [-0.15, -0.1) is 12.4 Å². The summed E-state index contributed by atoms with van der Waals surface area (Å²) >= 11 is 0. The molecule has 0 bridgehead atoms. The van der Waals surface area contributed by atoms with Gasteiger partial charge >= 0.3 is 0 Å². The first-order valence-corrected chi connectivity index (χ1v) is 6.40. The van der Waals surface area contributed by atoms with E-state index < -0.39 is 17.7 Å². The van der Waals surface area contributed by atoms with Crippen molar-refractivity contribution >= 4 is 12.4 Å². The molecule has 1 aromatic rings. The third kappa shape index (κ3) is 4.36. The number of hydrogen-bond acceptors (Lipinski definition) is 4. The Kier molecular flexibility index (Phi) is 6.78. The monoisotopic (exact) mass is 307 g/mol. The number of hydrazine groups is 1. The van der Waals surface area contributed by atoms with Crippen LogP contribution >= 0.6 is 12.4 Å². The molecule has 3 atom stereocenters. The number of halogens is 3. The van der Waals surface area contributed by atoms with E-state index in [9.17, 15) is 13.9 Å². The zero-order valence-corrected chi connectivity index (χ0v) is 12.0. The molecule has 0 saturated carbocycles. The molecule has 4 nitrogen and oxygen atoms in total. The van der Waals surface area contributed by atoms with Gasteiger partial charge in [-0.2, -0.15) is 0 Å². The van der Waals surface area contributed by atoms with Gasteiger partial charge in [0.25, 0.3) is 0 Å². The van der Waals surface area contributed by atoms with Gasteiger partial charge in [0.1, 0.15) is 0 Å². The van der Waals surface area contributed by atoms with Crippen LogP contribution in [0.1, 0.15) is 18.6 Å². The van der Waals surface area contributed by atoms with Gasteiger partial charge in [-0.05, 0) is 24.6 Å². The third-order valence-electron chi connectivity index (χ3n) is 3.47. The highest BCUT2D eigenvalue weighted by Crippen LogP contribution is 2.16. The predicted molar refractivity (Wildman–Crippen MR) is 75.5 cm³/mol. The molecular formula is C13H20ClF2N3O. The minimum Gasteiger partial charge on any atom is -0.387 e. The van der Waals surface area contributed by atoms with Crippen LogP contribution in [0.25, 0.3) is 0 Å². The average Bonchev–Trinajstić information content (AvgIpc) is 2.78. The molecule has 4 N–H and O–H groups in total. The van der Waals surface area contributed by atoms with E-state index in [1.54, 1.807) is 0 Å². The van der Waals surface area contributed by atoms with E-state index in [1.165, 1.54) is 6.07 Å². The zero-order valence-electron chi connectivity index (χ0n) is 11.2. The molecule has 0 aromatic heterocycles. The van der Waals surface area contributed by atoms with Crippen LogP contribution in [0.15, 0.2) is 18.2 Å². The Balaban J connectivity index is 0.00000200. The van der Waals surface area contributed by atoms with Crippen LogP contribution in [-0.2, 0) is 0 Å². The SMILES string of the molecule is CC1NNCC1CNCC(O)c1ccc(F)c(F)c1.Cl. The molecule has 1 aromatic carbocycles. The standard InChI is InChI=1S/C13H19F2N3O.ClH/c1-8-10(6-17-18-8)5-16-7-13(19)9-2-3-11(14)12(15)4-9;/h2-4,8,10,13,16-19H,5-7H2,1H3;1H. The summed E-state index contributed by atoms with van der Waals surface area (Å²) in [4.78, 5) is 0. The topological polar surface area (TPSA) is 56.3 Å². The van der Waals surface area contributed by atoms with E-state index in [-0.39, 0.29) is 12.4 Å². The maximum Gasteiger partial charge on any atom is 0.159 e. The maximum absolute atomic E-state index is 13.0. The normalized spacial score (nSPS) is 23.4. The van der Waals surface area contributed by atoms with Crippen molar-refractivity contribution in [3.05, 3.63) is 35.4 Å². The number of aliphatic hydroxyl groups is 1. The lowest BCUT2D eigenvalue weighted by atomic mass is 10.0. The van der Waals surface area contributed by atoms with E-state index >= 15 is 0 Å². The minimum atomic E-state index is -0.936. The van der Waals surface area contributed by atoms with E-state index in [4.69, 9.17) is 0 Å². The first-order chi connectivity index (χ1) is 9.08. The van der Waals surface area contributed by atoms with Crippen molar-refractivity contribution < 1.29 is 13.9 Å². The number of rotatable bonds is 5. The molecule has 1 saturated heterocycles. The summed E-state index contributed by atoms with van der Waals surface area (Å²) in [5.74, 6) is -1.40. The summed E-state index contributed by atoms with van der Waals surface area (Å²) in [5, 5.41) is 13.0. The van der Waals surface area contributed by atoms with Gasteiger partial charge in [-0.3, -0.25) is 10.9 Å². The van der Waals surface area contributed by atoms with Gasteiger partial charge in [-0.25, -0.2) is 8.78 Å². The Morgan fingerprint density at radius 1 is 1.40 bits per heavy atom. The van der Waals surface area contributed by atoms with E-state index in [0.717, 1.165) is 25.2 Å². The summed E-state index contributed by atoms with van der Waals surface area (Å²) in [6.45, 7) is 4.02. The van der Waals surface area contributed by atoms with Gasteiger partial charge < -0.3 is 10.4 Å². The maximum atomic E-state index is 13.0. The first kappa shape index (κ1) is 17.3. The molecule has 20 heavy (non-hydrogen) atoms. The van der Waals surface area contributed by atoms with Crippen LogP contribution in [0.4, 0.5) is 8.78 Å². The molecule has 1 heterocycles. The van der Waals surface area contributed by atoms with Gasteiger partial charge in [0.15, 0.2) is 11.6 Å². The molecule has 1 aliphatic heterocycles. The average molecular weight is 308 g/mol. The Bertz CT molecular complexity index is 436. The molecule has 2 rings (SSSR count). The van der Waals surface area contributed by atoms with Gasteiger partial charge in [0.05, 0.1) is 6.10 Å². The van der Waals surface area contributed by atoms with Crippen molar-refractivity contribution in [2.24, 2.45) is 5.92 Å². The highest BCUT2D eigenvalue weighted by atomic mass is 35.5. The molecule has 0 amide bonds. The summed E-state index contributed by atoms with van der Waals surface area (Å²) in [6, 6.07) is 3.82. The third-order valence-corrected chi connectivity index (χ3v) is 3.47. The Labute approximate surface area is 123 Å². The lowest BCUT2D eigenvalue weighted by Gasteiger charge is -2.17. The summed E-state index contributed by atoms with van der Waals surface area (Å²) in [5.41, 5.74) is 6.55. The largest absolute Gasteiger partial charge is 0.387 e. The highest BCUT2D eigenvalue weighted by molar-refractivity contribution is 5.85. The Hall–Kier alpha value is -0.790. The van der Waals surface area contributed by atoms with Crippen LogP contribution in [-0.4, -0.2) is 30.8 Å². The molecule has 3 unspecified atom stereocenters. The van der Waals surface area contributed by atoms with Crippen molar-refractivity contribution in [3.8, 4) is 0 Å². The van der Waals surface area contributed by atoms with Crippen molar-refractivity contribution in [2.75, 3.05) is 19.6 Å². The quantitative estimate of drug-likeness (QED) is 0.658. The second kappa shape index (κ2) is 7.85. The second-order valence-electron chi connectivity index (χ2n) is 4.92. The fraction of sp³-hybridized carbons (Fsp3) is 0.538. The summed E-state index contributed by atoms with van der Waals surface area (Å²) < 4.78 is 25.8. The van der Waals surface area contributed by atoms with Crippen LogP contribution in [0, 0.1) is 17.6 Å². The summed E-state index contributed by atoms with van der Waals surface area (Å²) in [6.07, 6.45) is -0.840. The Morgan fingerprint density at radius 2 is 2.15 bits per heavy atom.